The first-order chi connectivity index (χ1) is 11.4. The molecular weight excluding hydrogens is 320 g/mol. The molecule has 0 aliphatic rings. The Hall–Kier alpha value is -3.16. The van der Waals surface area contributed by atoms with Gasteiger partial charge in [0, 0.05) is 18.2 Å². The lowest BCUT2D eigenvalue weighted by atomic mass is 10.1. The van der Waals surface area contributed by atoms with Gasteiger partial charge in [0.2, 0.25) is 0 Å². The molecule has 1 aromatic carbocycles. The minimum absolute atomic E-state index is 0.258. The number of carbonyl (C=O) groups is 1. The van der Waals surface area contributed by atoms with Gasteiger partial charge in [-0.05, 0) is 19.1 Å². The van der Waals surface area contributed by atoms with E-state index in [0.717, 1.165) is 5.76 Å². The fraction of sp³-hybridized carbons (Fsp3) is 0.125. The molecule has 124 valence electrons. The van der Waals surface area contributed by atoms with Crippen molar-refractivity contribution >= 4 is 11.7 Å². The van der Waals surface area contributed by atoms with Crippen LogP contribution in [0, 0.1) is 18.6 Å². The number of rotatable bonds is 4. The van der Waals surface area contributed by atoms with Crippen molar-refractivity contribution < 1.29 is 23.1 Å². The van der Waals surface area contributed by atoms with Gasteiger partial charge >= 0.3 is 0 Å². The van der Waals surface area contributed by atoms with Gasteiger partial charge < -0.3 is 14.8 Å². The van der Waals surface area contributed by atoms with Gasteiger partial charge in [-0.2, -0.15) is 5.10 Å². The Bertz CT molecular complexity index is 879. The Kier molecular flexibility index (Phi) is 4.03. The Morgan fingerprint density at radius 2 is 2.12 bits per heavy atom. The van der Waals surface area contributed by atoms with Crippen LogP contribution in [0.15, 0.2) is 40.9 Å². The highest BCUT2D eigenvalue weighted by Gasteiger charge is 2.20. The van der Waals surface area contributed by atoms with Gasteiger partial charge in [0.15, 0.2) is 0 Å². The number of aromatic nitrogens is 2. The van der Waals surface area contributed by atoms with Crippen molar-refractivity contribution in [3.05, 3.63) is 65.2 Å². The summed E-state index contributed by atoms with van der Waals surface area (Å²) in [5, 5.41) is 16.1. The number of halogens is 2. The Labute approximate surface area is 135 Å². The Balaban J connectivity index is 1.82. The molecule has 0 aliphatic heterocycles. The molecule has 2 heterocycles. The lowest BCUT2D eigenvalue weighted by molar-refractivity contribution is 0.101. The lowest BCUT2D eigenvalue weighted by Gasteiger charge is -2.09. The van der Waals surface area contributed by atoms with E-state index in [0.29, 0.717) is 17.9 Å². The molecule has 0 saturated carbocycles. The zero-order valence-corrected chi connectivity index (χ0v) is 12.6. The van der Waals surface area contributed by atoms with E-state index >= 15 is 0 Å². The second kappa shape index (κ2) is 6.15. The largest absolute Gasteiger partial charge is 0.507 e. The van der Waals surface area contributed by atoms with Crippen molar-refractivity contribution in [3.63, 3.8) is 0 Å². The number of carbonyl (C=O) groups excluding carboxylic acids is 1. The average molecular weight is 333 g/mol. The van der Waals surface area contributed by atoms with Crippen molar-refractivity contribution in [2.45, 2.75) is 13.5 Å². The molecule has 2 N–H and O–H groups in total. The number of phenols is 1. The minimum Gasteiger partial charge on any atom is -0.507 e. The van der Waals surface area contributed by atoms with Crippen LogP contribution in [0.4, 0.5) is 14.6 Å². The van der Waals surface area contributed by atoms with Crippen molar-refractivity contribution in [2.24, 2.45) is 0 Å². The van der Waals surface area contributed by atoms with Crippen molar-refractivity contribution in [1.29, 1.82) is 0 Å². The first-order valence-corrected chi connectivity index (χ1v) is 7.00. The standard InChI is InChI=1S/C16H13F2N3O3/c1-9-2-3-11(24-9)8-21-14(4-5-19-21)20-16(23)15-12(18)6-10(17)7-13(15)22/h2-7,22H,8H2,1H3,(H,20,23). The number of nitrogens with one attached hydrogen (secondary N) is 1. The number of anilines is 1. The van der Waals surface area contributed by atoms with Gasteiger partial charge in [-0.3, -0.25) is 4.79 Å². The van der Waals surface area contributed by atoms with Gasteiger partial charge in [-0.25, -0.2) is 13.5 Å². The molecule has 1 amide bonds. The van der Waals surface area contributed by atoms with Crippen LogP contribution < -0.4 is 5.32 Å². The molecule has 3 aromatic rings. The molecule has 0 atom stereocenters. The van der Waals surface area contributed by atoms with Crippen LogP contribution in [0.5, 0.6) is 5.75 Å². The van der Waals surface area contributed by atoms with E-state index in [9.17, 15) is 18.7 Å². The first-order valence-electron chi connectivity index (χ1n) is 7.00. The van der Waals surface area contributed by atoms with Crippen LogP contribution in [0.3, 0.4) is 0 Å². The summed E-state index contributed by atoms with van der Waals surface area (Å²) in [6.07, 6.45) is 1.45. The summed E-state index contributed by atoms with van der Waals surface area (Å²) in [5.74, 6) is -2.18. The van der Waals surface area contributed by atoms with E-state index in [1.165, 1.54) is 16.9 Å². The molecule has 3 rings (SSSR count). The zero-order chi connectivity index (χ0) is 17.3. The van der Waals surface area contributed by atoms with E-state index in [1.807, 2.05) is 0 Å². The number of amides is 1. The minimum atomic E-state index is -1.15. The highest BCUT2D eigenvalue weighted by atomic mass is 19.1. The molecule has 0 radical (unpaired) electrons. The molecule has 0 spiro atoms. The van der Waals surface area contributed by atoms with Crippen LogP contribution in [-0.4, -0.2) is 20.8 Å². The summed E-state index contributed by atoms with van der Waals surface area (Å²) in [7, 11) is 0. The van der Waals surface area contributed by atoms with Gasteiger partial charge in [0.05, 0.1) is 6.20 Å². The maximum Gasteiger partial charge on any atom is 0.263 e. The molecule has 0 unspecified atom stereocenters. The zero-order valence-electron chi connectivity index (χ0n) is 12.6. The van der Waals surface area contributed by atoms with Crippen molar-refractivity contribution in [3.8, 4) is 5.75 Å². The summed E-state index contributed by atoms with van der Waals surface area (Å²) in [6, 6.07) is 6.27. The Morgan fingerprint density at radius 1 is 1.33 bits per heavy atom. The molecular formula is C16H13F2N3O3. The monoisotopic (exact) mass is 333 g/mol. The van der Waals surface area contributed by atoms with Crippen LogP contribution >= 0.6 is 0 Å². The fourth-order valence-corrected chi connectivity index (χ4v) is 2.25. The first kappa shape index (κ1) is 15.7. The average Bonchev–Trinajstić information content (AvgIpc) is 3.08. The van der Waals surface area contributed by atoms with E-state index < -0.39 is 28.9 Å². The number of benzene rings is 1. The highest BCUT2D eigenvalue weighted by molar-refractivity contribution is 6.05. The molecule has 0 aliphatic carbocycles. The number of aryl methyl sites for hydroxylation is 1. The van der Waals surface area contributed by atoms with Crippen LogP contribution in [-0.2, 0) is 6.54 Å². The summed E-state index contributed by atoms with van der Waals surface area (Å²) in [6.45, 7) is 2.06. The summed E-state index contributed by atoms with van der Waals surface area (Å²) >= 11 is 0. The van der Waals surface area contributed by atoms with Crippen LogP contribution in [0.1, 0.15) is 21.9 Å². The molecule has 0 bridgehead atoms. The number of nitrogens with zero attached hydrogens (tertiary/aromatic N) is 2. The number of hydrogen-bond donors (Lipinski definition) is 2. The Morgan fingerprint density at radius 3 is 2.79 bits per heavy atom. The highest BCUT2D eigenvalue weighted by Crippen LogP contribution is 2.23. The predicted molar refractivity (Wildman–Crippen MR) is 80.8 cm³/mol. The molecule has 0 fully saturated rings. The predicted octanol–water partition coefficient (Wildman–Crippen LogP) is 3.07. The third-order valence-corrected chi connectivity index (χ3v) is 3.32. The summed E-state index contributed by atoms with van der Waals surface area (Å²) in [5.41, 5.74) is -0.641. The molecule has 24 heavy (non-hydrogen) atoms. The third kappa shape index (κ3) is 3.12. The van der Waals surface area contributed by atoms with Gasteiger partial charge in [0.25, 0.3) is 5.91 Å². The quantitative estimate of drug-likeness (QED) is 0.769. The second-order valence-corrected chi connectivity index (χ2v) is 5.12. The fourth-order valence-electron chi connectivity index (χ4n) is 2.25. The van der Waals surface area contributed by atoms with Crippen LogP contribution in [0.2, 0.25) is 0 Å². The topological polar surface area (TPSA) is 80.3 Å². The second-order valence-electron chi connectivity index (χ2n) is 5.12. The van der Waals surface area contributed by atoms with Crippen LogP contribution in [0.25, 0.3) is 0 Å². The number of furan rings is 1. The maximum atomic E-state index is 13.7. The van der Waals surface area contributed by atoms with E-state index in [2.05, 4.69) is 10.4 Å². The lowest BCUT2D eigenvalue weighted by Crippen LogP contribution is -2.17. The maximum absolute atomic E-state index is 13.7. The summed E-state index contributed by atoms with van der Waals surface area (Å²) < 4.78 is 33.6. The molecule has 0 saturated heterocycles. The van der Waals surface area contributed by atoms with Crippen molar-refractivity contribution in [2.75, 3.05) is 5.32 Å². The number of aromatic hydroxyl groups is 1. The molecule has 8 heteroatoms. The summed E-state index contributed by atoms with van der Waals surface area (Å²) in [4.78, 5) is 12.2. The van der Waals surface area contributed by atoms with Gasteiger partial charge in [-0.15, -0.1) is 0 Å². The number of hydrogen-bond acceptors (Lipinski definition) is 4. The molecule has 2 aromatic heterocycles. The normalized spacial score (nSPS) is 10.8. The van der Waals surface area contributed by atoms with Gasteiger partial charge in [-0.1, -0.05) is 0 Å². The molecule has 6 nitrogen and oxygen atoms in total. The van der Waals surface area contributed by atoms with Crippen molar-refractivity contribution in [1.82, 2.24) is 9.78 Å². The SMILES string of the molecule is Cc1ccc(Cn2nccc2NC(=O)c2c(O)cc(F)cc2F)o1. The van der Waals surface area contributed by atoms with E-state index in [4.69, 9.17) is 4.42 Å². The third-order valence-electron chi connectivity index (χ3n) is 3.32. The van der Waals surface area contributed by atoms with E-state index in [1.54, 1.807) is 19.1 Å². The van der Waals surface area contributed by atoms with Gasteiger partial charge in [0.1, 0.15) is 46.8 Å². The number of phenolic OH excluding ortho intramolecular Hbond substituents is 1. The van der Waals surface area contributed by atoms with E-state index in [-0.39, 0.29) is 12.4 Å². The smallest absolute Gasteiger partial charge is 0.263 e.